The Kier molecular flexibility index (Phi) is 6.83. The molecule has 0 aliphatic carbocycles. The summed E-state index contributed by atoms with van der Waals surface area (Å²) >= 11 is 0. The van der Waals surface area contributed by atoms with Crippen molar-refractivity contribution in [2.24, 2.45) is 0 Å². The normalized spacial score (nSPS) is 10.2. The maximum atomic E-state index is 11.8. The predicted octanol–water partition coefficient (Wildman–Crippen LogP) is 2.81. The van der Waals surface area contributed by atoms with Gasteiger partial charge in [0, 0.05) is 0 Å². The van der Waals surface area contributed by atoms with Gasteiger partial charge in [0.15, 0.2) is 0 Å². The first-order chi connectivity index (χ1) is 11.6. The number of nitrogen functional groups attached to an aromatic ring is 2. The molecule has 0 heterocycles. The smallest absolute Gasteiger partial charge is 0.235 e. The van der Waals surface area contributed by atoms with Crippen LogP contribution in [0.4, 0.5) is 22.7 Å². The van der Waals surface area contributed by atoms with Crippen molar-refractivity contribution in [1.29, 1.82) is 0 Å². The number of carbonyl (C=O) groups is 2. The average Bonchev–Trinajstić information content (AvgIpc) is 2.56. The second-order valence-electron chi connectivity index (χ2n) is 4.80. The molecule has 6 N–H and O–H groups in total. The van der Waals surface area contributed by atoms with E-state index in [4.69, 9.17) is 11.5 Å². The van der Waals surface area contributed by atoms with Crippen molar-refractivity contribution in [2.45, 2.75) is 0 Å². The maximum absolute atomic E-state index is 11.8. The van der Waals surface area contributed by atoms with Gasteiger partial charge in [0.25, 0.3) is 0 Å². The number of benzene rings is 2. The van der Waals surface area contributed by atoms with E-state index >= 15 is 0 Å². The fourth-order valence-corrected chi connectivity index (χ4v) is 3.45. The summed E-state index contributed by atoms with van der Waals surface area (Å²) in [5, 5.41) is 5.46. The lowest BCUT2D eigenvalue weighted by atomic mass is 10.3. The molecule has 0 saturated carbocycles. The Balaban J connectivity index is 1.67. The molecule has 0 aromatic heterocycles. The van der Waals surface area contributed by atoms with Crippen LogP contribution in [0.2, 0.25) is 0 Å². The number of hydrogen-bond donors (Lipinski definition) is 4. The SMILES string of the molecule is Nc1ccccc1NC(=O)CSSCC(=O)Nc1ccccc1N. The zero-order valence-corrected chi connectivity index (χ0v) is 14.5. The Bertz CT molecular complexity index is 663. The standard InChI is InChI=1S/C16H18N4O2S2/c17-11-5-1-3-7-13(11)19-15(21)9-23-24-10-16(22)20-14-8-4-2-6-12(14)18/h1-8H,9-10,17-18H2,(H,19,21)(H,20,22). The van der Waals surface area contributed by atoms with Crippen LogP contribution in [-0.2, 0) is 9.59 Å². The number of nitrogens with one attached hydrogen (secondary N) is 2. The number of amides is 2. The lowest BCUT2D eigenvalue weighted by Gasteiger charge is -2.08. The van der Waals surface area contributed by atoms with E-state index in [1.807, 2.05) is 0 Å². The molecule has 2 amide bonds. The number of carbonyl (C=O) groups excluding carboxylic acids is 2. The lowest BCUT2D eigenvalue weighted by Crippen LogP contribution is -2.16. The monoisotopic (exact) mass is 362 g/mol. The number of anilines is 4. The summed E-state index contributed by atoms with van der Waals surface area (Å²) in [5.74, 6) is 0.107. The van der Waals surface area contributed by atoms with E-state index in [2.05, 4.69) is 10.6 Å². The van der Waals surface area contributed by atoms with E-state index in [-0.39, 0.29) is 23.3 Å². The highest BCUT2D eigenvalue weighted by Crippen LogP contribution is 2.23. The van der Waals surface area contributed by atoms with Gasteiger partial charge in [0.05, 0.1) is 34.3 Å². The Morgan fingerprint density at radius 3 is 1.50 bits per heavy atom. The Morgan fingerprint density at radius 2 is 1.12 bits per heavy atom. The molecule has 0 spiro atoms. The zero-order valence-electron chi connectivity index (χ0n) is 12.8. The molecular weight excluding hydrogens is 344 g/mol. The third kappa shape index (κ3) is 5.71. The fraction of sp³-hybridized carbons (Fsp3) is 0.125. The van der Waals surface area contributed by atoms with Crippen molar-refractivity contribution in [3.63, 3.8) is 0 Å². The second-order valence-corrected chi connectivity index (χ2v) is 7.26. The van der Waals surface area contributed by atoms with Crippen molar-refractivity contribution >= 4 is 56.2 Å². The Morgan fingerprint density at radius 1 is 0.750 bits per heavy atom. The first kappa shape index (κ1) is 18.0. The summed E-state index contributed by atoms with van der Waals surface area (Å²) in [7, 11) is 2.60. The average molecular weight is 362 g/mol. The highest BCUT2D eigenvalue weighted by Gasteiger charge is 2.08. The minimum atomic E-state index is -0.168. The minimum Gasteiger partial charge on any atom is -0.397 e. The van der Waals surface area contributed by atoms with Crippen molar-refractivity contribution in [3.8, 4) is 0 Å². The Labute approximate surface area is 148 Å². The molecule has 0 unspecified atom stereocenters. The van der Waals surface area contributed by atoms with Crippen molar-refractivity contribution in [1.82, 2.24) is 0 Å². The van der Waals surface area contributed by atoms with Crippen LogP contribution in [0, 0.1) is 0 Å². The van der Waals surface area contributed by atoms with Gasteiger partial charge < -0.3 is 22.1 Å². The van der Waals surface area contributed by atoms with E-state index in [9.17, 15) is 9.59 Å². The molecule has 0 fully saturated rings. The van der Waals surface area contributed by atoms with Crippen LogP contribution in [0.15, 0.2) is 48.5 Å². The van der Waals surface area contributed by atoms with E-state index in [0.29, 0.717) is 22.7 Å². The van der Waals surface area contributed by atoms with E-state index in [1.165, 1.54) is 21.6 Å². The molecular formula is C16H18N4O2S2. The molecule has 6 nitrogen and oxygen atoms in total. The van der Waals surface area contributed by atoms with Crippen molar-refractivity contribution in [2.75, 3.05) is 33.6 Å². The summed E-state index contributed by atoms with van der Waals surface area (Å²) in [5.41, 5.74) is 13.7. The molecule has 24 heavy (non-hydrogen) atoms. The number of hydrogen-bond acceptors (Lipinski definition) is 6. The van der Waals surface area contributed by atoms with Crippen LogP contribution < -0.4 is 22.1 Å². The van der Waals surface area contributed by atoms with E-state index in [0.717, 1.165) is 0 Å². The molecule has 0 aliphatic heterocycles. The van der Waals surface area contributed by atoms with Crippen LogP contribution in [0.1, 0.15) is 0 Å². The van der Waals surface area contributed by atoms with Crippen LogP contribution in [0.25, 0.3) is 0 Å². The first-order valence-electron chi connectivity index (χ1n) is 7.09. The molecule has 0 bridgehead atoms. The summed E-state index contributed by atoms with van der Waals surface area (Å²) in [4.78, 5) is 23.7. The molecule has 0 saturated heterocycles. The topological polar surface area (TPSA) is 110 Å². The number of nitrogens with two attached hydrogens (primary N) is 2. The molecule has 0 radical (unpaired) electrons. The quantitative estimate of drug-likeness (QED) is 0.342. The summed E-state index contributed by atoms with van der Waals surface area (Å²) in [6.07, 6.45) is 0. The van der Waals surface area contributed by atoms with Gasteiger partial charge >= 0.3 is 0 Å². The predicted molar refractivity (Wildman–Crippen MR) is 104 cm³/mol. The third-order valence-corrected chi connectivity index (χ3v) is 5.07. The van der Waals surface area contributed by atoms with Gasteiger partial charge in [-0.2, -0.15) is 0 Å². The molecule has 2 aromatic carbocycles. The van der Waals surface area contributed by atoms with Crippen LogP contribution in [-0.4, -0.2) is 23.3 Å². The second kappa shape index (κ2) is 9.09. The highest BCUT2D eigenvalue weighted by atomic mass is 33.1. The van der Waals surface area contributed by atoms with Crippen LogP contribution in [0.3, 0.4) is 0 Å². The van der Waals surface area contributed by atoms with Crippen molar-refractivity contribution in [3.05, 3.63) is 48.5 Å². The molecule has 0 aliphatic rings. The molecule has 2 aromatic rings. The van der Waals surface area contributed by atoms with Gasteiger partial charge in [-0.3, -0.25) is 9.59 Å². The molecule has 8 heteroatoms. The van der Waals surface area contributed by atoms with Gasteiger partial charge in [-0.25, -0.2) is 0 Å². The van der Waals surface area contributed by atoms with Gasteiger partial charge in [-0.1, -0.05) is 45.9 Å². The third-order valence-electron chi connectivity index (χ3n) is 2.93. The molecule has 126 valence electrons. The van der Waals surface area contributed by atoms with E-state index in [1.54, 1.807) is 48.5 Å². The molecule has 0 atom stereocenters. The van der Waals surface area contributed by atoms with Crippen molar-refractivity contribution < 1.29 is 9.59 Å². The lowest BCUT2D eigenvalue weighted by molar-refractivity contribution is -0.114. The van der Waals surface area contributed by atoms with Gasteiger partial charge in [0.1, 0.15) is 0 Å². The van der Waals surface area contributed by atoms with E-state index < -0.39 is 0 Å². The number of rotatable bonds is 7. The van der Waals surface area contributed by atoms with Gasteiger partial charge in [-0.15, -0.1) is 0 Å². The minimum absolute atomic E-state index is 0.168. The highest BCUT2D eigenvalue weighted by molar-refractivity contribution is 8.77. The van der Waals surface area contributed by atoms with Gasteiger partial charge in [0.2, 0.25) is 11.8 Å². The fourth-order valence-electron chi connectivity index (χ4n) is 1.78. The summed E-state index contributed by atoms with van der Waals surface area (Å²) in [6, 6.07) is 14.1. The van der Waals surface area contributed by atoms with Crippen LogP contribution in [0.5, 0.6) is 0 Å². The zero-order chi connectivity index (χ0) is 17.4. The molecule has 2 rings (SSSR count). The van der Waals surface area contributed by atoms with Gasteiger partial charge in [-0.05, 0) is 24.3 Å². The summed E-state index contributed by atoms with van der Waals surface area (Å²) < 4.78 is 0. The summed E-state index contributed by atoms with van der Waals surface area (Å²) in [6.45, 7) is 0. The van der Waals surface area contributed by atoms with Crippen LogP contribution >= 0.6 is 21.6 Å². The number of para-hydroxylation sites is 4. The first-order valence-corrected chi connectivity index (χ1v) is 9.58. The maximum Gasteiger partial charge on any atom is 0.235 e. The Hall–Kier alpha value is -2.32. The largest absolute Gasteiger partial charge is 0.397 e.